The summed E-state index contributed by atoms with van der Waals surface area (Å²) in [6.45, 7) is 4.80. The summed E-state index contributed by atoms with van der Waals surface area (Å²) in [7, 11) is 0. The van der Waals surface area contributed by atoms with E-state index in [9.17, 15) is 0 Å². The molecule has 1 heterocycles. The molecular weight excluding hydrogens is 250 g/mol. The predicted molar refractivity (Wildman–Crippen MR) is 82.9 cm³/mol. The van der Waals surface area contributed by atoms with Gasteiger partial charge in [0, 0.05) is 6.20 Å². The Balaban J connectivity index is 2.13. The van der Waals surface area contributed by atoms with Gasteiger partial charge in [-0.25, -0.2) is 0 Å². The second-order valence-electron chi connectivity index (χ2n) is 4.69. The molecule has 0 saturated heterocycles. The van der Waals surface area contributed by atoms with Crippen LogP contribution in [0.3, 0.4) is 0 Å². The molecule has 0 aliphatic carbocycles. The van der Waals surface area contributed by atoms with Gasteiger partial charge in [0.1, 0.15) is 5.75 Å². The molecule has 1 aromatic carbocycles. The topological polar surface area (TPSA) is 60.2 Å². The lowest BCUT2D eigenvalue weighted by atomic mass is 10.2. The first-order valence-electron chi connectivity index (χ1n) is 6.91. The molecular formula is C16H21N3O. The van der Waals surface area contributed by atoms with E-state index in [-0.39, 0.29) is 6.04 Å². The molecule has 0 amide bonds. The van der Waals surface area contributed by atoms with Crippen LogP contribution < -0.4 is 15.8 Å². The average molecular weight is 271 g/mol. The van der Waals surface area contributed by atoms with Crippen molar-refractivity contribution in [2.45, 2.75) is 26.3 Å². The molecule has 0 aliphatic heterocycles. The first-order chi connectivity index (χ1) is 9.72. The van der Waals surface area contributed by atoms with E-state index in [4.69, 9.17) is 10.5 Å². The number of hydrogen-bond acceptors (Lipinski definition) is 4. The van der Waals surface area contributed by atoms with Gasteiger partial charge in [-0.15, -0.1) is 0 Å². The highest BCUT2D eigenvalue weighted by atomic mass is 16.5. The number of hydrogen-bond donors (Lipinski definition) is 2. The molecule has 3 N–H and O–H groups in total. The average Bonchev–Trinajstić information content (AvgIpc) is 2.49. The highest BCUT2D eigenvalue weighted by Crippen LogP contribution is 2.31. The zero-order valence-electron chi connectivity index (χ0n) is 12.0. The number of nitrogens with zero attached hydrogens (tertiary/aromatic N) is 1. The van der Waals surface area contributed by atoms with Crippen LogP contribution in [0.4, 0.5) is 11.4 Å². The number of pyridine rings is 1. The smallest absolute Gasteiger partial charge is 0.144 e. The molecule has 2 rings (SSSR count). The van der Waals surface area contributed by atoms with Crippen LogP contribution in [-0.2, 0) is 0 Å². The van der Waals surface area contributed by atoms with Crippen LogP contribution >= 0.6 is 0 Å². The predicted octanol–water partition coefficient (Wildman–Crippen LogP) is 3.63. The van der Waals surface area contributed by atoms with Gasteiger partial charge in [0.2, 0.25) is 0 Å². The molecule has 0 spiro atoms. The minimum absolute atomic E-state index is 0.0833. The second-order valence-corrected chi connectivity index (χ2v) is 4.69. The van der Waals surface area contributed by atoms with Gasteiger partial charge < -0.3 is 15.8 Å². The Morgan fingerprint density at radius 1 is 1.25 bits per heavy atom. The minimum Gasteiger partial charge on any atom is -0.491 e. The third kappa shape index (κ3) is 3.41. The SMILES string of the molecule is CCCOc1cccc(NC(C)c2ccccn2)c1N. The fraction of sp³-hybridized carbons (Fsp3) is 0.312. The van der Waals surface area contributed by atoms with Crippen LogP contribution in [0.25, 0.3) is 0 Å². The maximum Gasteiger partial charge on any atom is 0.144 e. The molecule has 0 aliphatic rings. The Kier molecular flexibility index (Phi) is 4.82. The van der Waals surface area contributed by atoms with Crippen molar-refractivity contribution in [1.82, 2.24) is 4.98 Å². The Labute approximate surface area is 120 Å². The molecule has 4 heteroatoms. The van der Waals surface area contributed by atoms with Crippen LogP contribution in [0.5, 0.6) is 5.75 Å². The van der Waals surface area contributed by atoms with Crippen molar-refractivity contribution in [2.75, 3.05) is 17.7 Å². The van der Waals surface area contributed by atoms with Gasteiger partial charge in [-0.2, -0.15) is 0 Å². The van der Waals surface area contributed by atoms with Crippen LogP contribution in [0, 0.1) is 0 Å². The first-order valence-corrected chi connectivity index (χ1v) is 6.91. The number of rotatable bonds is 6. The maximum atomic E-state index is 6.14. The van der Waals surface area contributed by atoms with Crippen molar-refractivity contribution >= 4 is 11.4 Å². The van der Waals surface area contributed by atoms with Gasteiger partial charge >= 0.3 is 0 Å². The largest absolute Gasteiger partial charge is 0.491 e. The molecule has 0 saturated carbocycles. The fourth-order valence-electron chi connectivity index (χ4n) is 1.95. The molecule has 0 radical (unpaired) electrons. The number of anilines is 2. The second kappa shape index (κ2) is 6.80. The highest BCUT2D eigenvalue weighted by Gasteiger charge is 2.10. The Hall–Kier alpha value is -2.23. The first kappa shape index (κ1) is 14.2. The van der Waals surface area contributed by atoms with Crippen LogP contribution in [0.1, 0.15) is 32.0 Å². The van der Waals surface area contributed by atoms with E-state index in [0.717, 1.165) is 23.6 Å². The van der Waals surface area contributed by atoms with Gasteiger partial charge in [0.05, 0.1) is 29.7 Å². The zero-order valence-corrected chi connectivity index (χ0v) is 12.0. The Morgan fingerprint density at radius 3 is 2.80 bits per heavy atom. The number of ether oxygens (including phenoxy) is 1. The van der Waals surface area contributed by atoms with E-state index in [1.807, 2.05) is 36.4 Å². The van der Waals surface area contributed by atoms with Crippen LogP contribution in [-0.4, -0.2) is 11.6 Å². The fourth-order valence-corrected chi connectivity index (χ4v) is 1.95. The molecule has 1 unspecified atom stereocenters. The molecule has 1 atom stereocenters. The van der Waals surface area contributed by atoms with E-state index < -0.39 is 0 Å². The van der Waals surface area contributed by atoms with Crippen molar-refractivity contribution in [2.24, 2.45) is 0 Å². The molecule has 0 bridgehead atoms. The standard InChI is InChI=1S/C16H21N3O/c1-3-11-20-15-9-6-8-14(16(15)17)19-12(2)13-7-4-5-10-18-13/h4-10,12,19H,3,11,17H2,1-2H3. The number of benzene rings is 1. The summed E-state index contributed by atoms with van der Waals surface area (Å²) in [5.41, 5.74) is 8.64. The Morgan fingerprint density at radius 2 is 2.10 bits per heavy atom. The lowest BCUT2D eigenvalue weighted by Crippen LogP contribution is -2.10. The van der Waals surface area contributed by atoms with E-state index in [0.29, 0.717) is 12.3 Å². The number of nitrogens with two attached hydrogens (primary N) is 1. The van der Waals surface area contributed by atoms with Crippen molar-refractivity contribution in [3.05, 3.63) is 48.3 Å². The van der Waals surface area contributed by atoms with Crippen molar-refractivity contribution in [3.8, 4) is 5.75 Å². The molecule has 2 aromatic rings. The van der Waals surface area contributed by atoms with Crippen LogP contribution in [0.15, 0.2) is 42.6 Å². The van der Waals surface area contributed by atoms with Crippen LogP contribution in [0.2, 0.25) is 0 Å². The highest BCUT2D eigenvalue weighted by molar-refractivity contribution is 5.73. The van der Waals surface area contributed by atoms with Gasteiger partial charge in [-0.3, -0.25) is 4.98 Å². The van der Waals surface area contributed by atoms with Gasteiger partial charge in [-0.05, 0) is 37.6 Å². The van der Waals surface area contributed by atoms with Crippen molar-refractivity contribution in [3.63, 3.8) is 0 Å². The summed E-state index contributed by atoms with van der Waals surface area (Å²) in [5, 5.41) is 3.38. The lowest BCUT2D eigenvalue weighted by Gasteiger charge is -2.18. The molecule has 20 heavy (non-hydrogen) atoms. The zero-order chi connectivity index (χ0) is 14.4. The summed E-state index contributed by atoms with van der Waals surface area (Å²) in [6.07, 6.45) is 2.75. The maximum absolute atomic E-state index is 6.14. The summed E-state index contributed by atoms with van der Waals surface area (Å²) >= 11 is 0. The molecule has 4 nitrogen and oxygen atoms in total. The normalized spacial score (nSPS) is 11.9. The third-order valence-corrected chi connectivity index (χ3v) is 3.03. The molecule has 0 fully saturated rings. The van der Waals surface area contributed by atoms with E-state index >= 15 is 0 Å². The molecule has 106 valence electrons. The summed E-state index contributed by atoms with van der Waals surface area (Å²) < 4.78 is 5.63. The summed E-state index contributed by atoms with van der Waals surface area (Å²) in [6, 6.07) is 11.7. The number of aromatic nitrogens is 1. The van der Waals surface area contributed by atoms with Crippen molar-refractivity contribution < 1.29 is 4.74 Å². The van der Waals surface area contributed by atoms with Crippen molar-refractivity contribution in [1.29, 1.82) is 0 Å². The number of nitrogen functional groups attached to an aromatic ring is 1. The summed E-state index contributed by atoms with van der Waals surface area (Å²) in [5.74, 6) is 0.727. The van der Waals surface area contributed by atoms with Gasteiger partial charge in [0.25, 0.3) is 0 Å². The third-order valence-electron chi connectivity index (χ3n) is 3.03. The Bertz CT molecular complexity index is 543. The number of nitrogens with one attached hydrogen (secondary N) is 1. The van der Waals surface area contributed by atoms with E-state index in [1.165, 1.54) is 0 Å². The summed E-state index contributed by atoms with van der Waals surface area (Å²) in [4.78, 5) is 4.34. The molecule has 1 aromatic heterocycles. The van der Waals surface area contributed by atoms with E-state index in [2.05, 4.69) is 24.1 Å². The number of para-hydroxylation sites is 1. The lowest BCUT2D eigenvalue weighted by molar-refractivity contribution is 0.319. The van der Waals surface area contributed by atoms with E-state index in [1.54, 1.807) is 6.20 Å². The van der Waals surface area contributed by atoms with Gasteiger partial charge in [0.15, 0.2) is 0 Å². The van der Waals surface area contributed by atoms with Gasteiger partial charge in [-0.1, -0.05) is 19.1 Å². The minimum atomic E-state index is 0.0833. The quantitative estimate of drug-likeness (QED) is 0.788. The monoisotopic (exact) mass is 271 g/mol.